The highest BCUT2D eigenvalue weighted by molar-refractivity contribution is 6.35. The van der Waals surface area contributed by atoms with Crippen molar-refractivity contribution in [2.75, 3.05) is 0 Å². The fraction of sp³-hybridized carbons (Fsp3) is 0.214. The van der Waals surface area contributed by atoms with E-state index in [2.05, 4.69) is 30.4 Å². The average molecular weight is 366 g/mol. The Morgan fingerprint density at radius 2 is 2.25 bits per heavy atom. The van der Waals surface area contributed by atoms with Crippen LogP contribution in [0.2, 0.25) is 10.0 Å². The number of benzene rings is 1. The number of rotatable bonds is 7. The molecule has 0 atom stereocenters. The van der Waals surface area contributed by atoms with Gasteiger partial charge in [-0.3, -0.25) is 5.10 Å². The lowest BCUT2D eigenvalue weighted by molar-refractivity contribution is 0.131. The third-order valence-corrected chi connectivity index (χ3v) is 3.60. The van der Waals surface area contributed by atoms with Gasteiger partial charge in [0.15, 0.2) is 5.82 Å². The molecule has 0 aliphatic heterocycles. The summed E-state index contributed by atoms with van der Waals surface area (Å²) in [7, 11) is 0. The molecule has 24 heavy (non-hydrogen) atoms. The van der Waals surface area contributed by atoms with Gasteiger partial charge in [0, 0.05) is 22.0 Å². The Bertz CT molecular complexity index is 816. The molecule has 0 bridgehead atoms. The van der Waals surface area contributed by atoms with Crippen molar-refractivity contribution in [1.82, 2.24) is 29.9 Å². The van der Waals surface area contributed by atoms with Crippen LogP contribution in [-0.4, -0.2) is 36.2 Å². The van der Waals surface area contributed by atoms with Gasteiger partial charge >= 0.3 is 0 Å². The summed E-state index contributed by atoms with van der Waals surface area (Å²) in [6, 6.07) is 5.21. The van der Waals surface area contributed by atoms with E-state index in [0.717, 1.165) is 5.56 Å². The minimum Gasteiger partial charge on any atom is -0.391 e. The number of aromatic nitrogens is 6. The summed E-state index contributed by atoms with van der Waals surface area (Å²) in [4.78, 5) is 13.4. The third-order valence-electron chi connectivity index (χ3n) is 3.01. The van der Waals surface area contributed by atoms with E-state index in [4.69, 9.17) is 28.0 Å². The summed E-state index contributed by atoms with van der Waals surface area (Å²) >= 11 is 11.9. The maximum absolute atomic E-state index is 6.05. The molecule has 10 heteroatoms. The van der Waals surface area contributed by atoms with Crippen molar-refractivity contribution in [3.05, 3.63) is 58.1 Å². The van der Waals surface area contributed by atoms with Gasteiger partial charge in [-0.25, -0.2) is 14.6 Å². The number of oxime groups is 1. The lowest BCUT2D eigenvalue weighted by Crippen LogP contribution is -2.01. The lowest BCUT2D eigenvalue weighted by atomic mass is 10.2. The second-order valence-electron chi connectivity index (χ2n) is 4.79. The topological polar surface area (TPSA) is 93.9 Å². The highest BCUT2D eigenvalue weighted by Crippen LogP contribution is 2.21. The smallest absolute Gasteiger partial charge is 0.156 e. The van der Waals surface area contributed by atoms with E-state index in [1.807, 2.05) is 0 Å². The minimum atomic E-state index is 0.262. The molecule has 0 saturated heterocycles. The molecule has 1 N–H and O–H groups in total. The molecule has 2 heterocycles. The van der Waals surface area contributed by atoms with Crippen molar-refractivity contribution in [3.8, 4) is 0 Å². The highest BCUT2D eigenvalue weighted by Gasteiger charge is 2.04. The Labute approximate surface area is 147 Å². The van der Waals surface area contributed by atoms with Gasteiger partial charge < -0.3 is 4.84 Å². The van der Waals surface area contributed by atoms with Crippen molar-refractivity contribution in [2.24, 2.45) is 5.16 Å². The molecule has 3 rings (SSSR count). The monoisotopic (exact) mass is 365 g/mol. The molecule has 0 unspecified atom stereocenters. The van der Waals surface area contributed by atoms with Crippen LogP contribution in [0.25, 0.3) is 0 Å². The van der Waals surface area contributed by atoms with Crippen LogP contribution in [0, 0.1) is 0 Å². The van der Waals surface area contributed by atoms with Crippen LogP contribution >= 0.6 is 23.2 Å². The van der Waals surface area contributed by atoms with Crippen LogP contribution in [0.3, 0.4) is 0 Å². The van der Waals surface area contributed by atoms with Crippen molar-refractivity contribution in [1.29, 1.82) is 0 Å². The molecule has 0 saturated carbocycles. The molecular weight excluding hydrogens is 353 g/mol. The van der Waals surface area contributed by atoms with Crippen LogP contribution in [-0.2, 0) is 24.4 Å². The van der Waals surface area contributed by atoms with E-state index in [-0.39, 0.29) is 6.61 Å². The quantitative estimate of drug-likeness (QED) is 0.512. The van der Waals surface area contributed by atoms with E-state index in [1.165, 1.54) is 6.33 Å². The van der Waals surface area contributed by atoms with E-state index in [0.29, 0.717) is 34.7 Å². The SMILES string of the molecule is Clc1ccc(CO/N=C\Cc2n[nH]c(Cn3cncn3)n2)c(Cl)c1. The lowest BCUT2D eigenvalue weighted by Gasteiger charge is -2.02. The van der Waals surface area contributed by atoms with Crippen molar-refractivity contribution in [2.45, 2.75) is 19.6 Å². The molecule has 3 aromatic rings. The molecule has 1 aromatic carbocycles. The molecule has 0 radical (unpaired) electrons. The van der Waals surface area contributed by atoms with E-state index >= 15 is 0 Å². The standard InChI is InChI=1S/C14H13Cl2N7O/c15-11-2-1-10(12(16)5-11)7-24-19-4-3-13-20-14(22-21-13)6-23-9-17-8-18-23/h1-2,4-5,8-9H,3,6-7H2,(H,20,21,22)/b19-4-. The zero-order valence-electron chi connectivity index (χ0n) is 12.4. The Hall–Kier alpha value is -2.45. The van der Waals surface area contributed by atoms with Crippen LogP contribution < -0.4 is 0 Å². The number of H-pyrrole nitrogens is 1. The van der Waals surface area contributed by atoms with Gasteiger partial charge in [0.1, 0.15) is 31.6 Å². The first-order valence-electron chi connectivity index (χ1n) is 7.01. The normalized spacial score (nSPS) is 11.2. The third kappa shape index (κ3) is 4.53. The fourth-order valence-electron chi connectivity index (χ4n) is 1.88. The average Bonchev–Trinajstić information content (AvgIpc) is 3.21. The van der Waals surface area contributed by atoms with Gasteiger partial charge in [-0.15, -0.1) is 0 Å². The highest BCUT2D eigenvalue weighted by atomic mass is 35.5. The molecule has 0 fully saturated rings. The summed E-state index contributed by atoms with van der Waals surface area (Å²) in [6.07, 6.45) is 5.11. The molecule has 0 aliphatic carbocycles. The van der Waals surface area contributed by atoms with Crippen molar-refractivity contribution >= 4 is 29.4 Å². The van der Waals surface area contributed by atoms with E-state index in [9.17, 15) is 0 Å². The van der Waals surface area contributed by atoms with Gasteiger partial charge in [0.25, 0.3) is 0 Å². The number of halogens is 2. The molecule has 124 valence electrons. The van der Waals surface area contributed by atoms with Crippen LogP contribution in [0.15, 0.2) is 36.0 Å². The van der Waals surface area contributed by atoms with Gasteiger partial charge in [-0.2, -0.15) is 10.2 Å². The van der Waals surface area contributed by atoms with Crippen molar-refractivity contribution in [3.63, 3.8) is 0 Å². The zero-order chi connectivity index (χ0) is 16.8. The molecule has 8 nitrogen and oxygen atoms in total. The maximum Gasteiger partial charge on any atom is 0.156 e. The number of hydrogen-bond donors (Lipinski definition) is 1. The summed E-state index contributed by atoms with van der Waals surface area (Å²) < 4.78 is 1.65. The minimum absolute atomic E-state index is 0.262. The zero-order valence-corrected chi connectivity index (χ0v) is 13.9. The van der Waals surface area contributed by atoms with Crippen molar-refractivity contribution < 1.29 is 4.84 Å². The fourth-order valence-corrected chi connectivity index (χ4v) is 2.34. The summed E-state index contributed by atoms with van der Waals surface area (Å²) in [5.41, 5.74) is 0.811. The molecule has 2 aromatic heterocycles. The number of aromatic amines is 1. The predicted octanol–water partition coefficient (Wildman–Crippen LogP) is 2.50. The molecule has 0 aliphatic rings. The first-order valence-corrected chi connectivity index (χ1v) is 7.76. The van der Waals surface area contributed by atoms with E-state index < -0.39 is 0 Å². The van der Waals surface area contributed by atoms with E-state index in [1.54, 1.807) is 35.4 Å². The Morgan fingerprint density at radius 3 is 3.04 bits per heavy atom. The maximum atomic E-state index is 6.05. The largest absolute Gasteiger partial charge is 0.391 e. The Morgan fingerprint density at radius 1 is 1.33 bits per heavy atom. The second-order valence-corrected chi connectivity index (χ2v) is 5.64. The number of nitrogens with zero attached hydrogens (tertiary/aromatic N) is 6. The second kappa shape index (κ2) is 7.89. The van der Waals surface area contributed by atoms with Gasteiger partial charge in [-0.1, -0.05) is 34.4 Å². The Balaban J connectivity index is 1.45. The molecule has 0 spiro atoms. The Kier molecular flexibility index (Phi) is 5.39. The van der Waals surface area contributed by atoms with Gasteiger partial charge in [-0.05, 0) is 12.1 Å². The van der Waals surface area contributed by atoms with Gasteiger partial charge in [0.05, 0.1) is 6.21 Å². The molecule has 0 amide bonds. The predicted molar refractivity (Wildman–Crippen MR) is 89.0 cm³/mol. The molecular formula is C14H13Cl2N7O. The van der Waals surface area contributed by atoms with Crippen LogP contribution in [0.1, 0.15) is 17.2 Å². The summed E-state index contributed by atoms with van der Waals surface area (Å²) in [5, 5.41) is 15.9. The van der Waals surface area contributed by atoms with Crippen LogP contribution in [0.4, 0.5) is 0 Å². The van der Waals surface area contributed by atoms with Gasteiger partial charge in [0.2, 0.25) is 0 Å². The summed E-state index contributed by atoms with van der Waals surface area (Å²) in [5.74, 6) is 1.31. The first-order chi connectivity index (χ1) is 11.7. The number of nitrogens with one attached hydrogen (secondary N) is 1. The summed E-state index contributed by atoms with van der Waals surface area (Å²) in [6.45, 7) is 0.744. The van der Waals surface area contributed by atoms with Crippen LogP contribution in [0.5, 0.6) is 0 Å². The number of hydrogen-bond acceptors (Lipinski definition) is 6. The first kappa shape index (κ1) is 16.4.